The van der Waals surface area contributed by atoms with Crippen LogP contribution in [0.25, 0.3) is 0 Å². The van der Waals surface area contributed by atoms with Gasteiger partial charge in [-0.15, -0.1) is 0 Å². The molecule has 1 rings (SSSR count). The molecule has 0 radical (unpaired) electrons. The second-order valence-electron chi connectivity index (χ2n) is 2.62. The van der Waals surface area contributed by atoms with Gasteiger partial charge in [-0.25, -0.2) is 0 Å². The molecule has 0 bridgehead atoms. The Kier molecular flexibility index (Phi) is 3.09. The zero-order valence-corrected chi connectivity index (χ0v) is 7.33. The van der Waals surface area contributed by atoms with Crippen LogP contribution in [0.1, 0.15) is 17.9 Å². The van der Waals surface area contributed by atoms with Crippen molar-refractivity contribution >= 4 is 5.91 Å². The zero-order valence-electron chi connectivity index (χ0n) is 7.33. The van der Waals surface area contributed by atoms with E-state index in [1.807, 2.05) is 13.0 Å². The monoisotopic (exact) mass is 178 g/mol. The molecule has 4 nitrogen and oxygen atoms in total. The predicted octanol–water partition coefficient (Wildman–Crippen LogP) is 1.12. The largest absolute Gasteiger partial charge is 0.465 e. The van der Waals surface area contributed by atoms with Crippen LogP contribution in [-0.2, 0) is 11.3 Å². The van der Waals surface area contributed by atoms with E-state index >= 15 is 0 Å². The highest BCUT2D eigenvalue weighted by molar-refractivity contribution is 5.77. The van der Waals surface area contributed by atoms with Crippen LogP contribution >= 0.6 is 0 Å². The molecule has 0 unspecified atom stereocenters. The molecule has 0 saturated carbocycles. The number of nitrogens with one attached hydrogen (secondary N) is 1. The number of aryl methyl sites for hydroxylation is 1. The lowest BCUT2D eigenvalue weighted by Crippen LogP contribution is -2.21. The van der Waals surface area contributed by atoms with Crippen molar-refractivity contribution in [1.29, 1.82) is 5.26 Å². The summed E-state index contributed by atoms with van der Waals surface area (Å²) in [7, 11) is 0. The normalized spacial score (nSPS) is 9.23. The van der Waals surface area contributed by atoms with Gasteiger partial charge < -0.3 is 9.73 Å². The molecule has 1 aromatic rings. The number of nitrogens with zero attached hydrogens (tertiary/aromatic N) is 1. The Bertz CT molecular complexity index is 336. The lowest BCUT2D eigenvalue weighted by atomic mass is 10.4. The third-order valence-corrected chi connectivity index (χ3v) is 1.50. The number of nitriles is 1. The summed E-state index contributed by atoms with van der Waals surface area (Å²) in [5.41, 5.74) is 0. The first-order valence-electron chi connectivity index (χ1n) is 3.91. The number of carbonyl (C=O) groups is 1. The summed E-state index contributed by atoms with van der Waals surface area (Å²) < 4.78 is 5.21. The van der Waals surface area contributed by atoms with Crippen LogP contribution < -0.4 is 5.32 Å². The molecule has 0 atom stereocenters. The molecule has 0 aliphatic heterocycles. The van der Waals surface area contributed by atoms with Gasteiger partial charge >= 0.3 is 0 Å². The molecule has 68 valence electrons. The van der Waals surface area contributed by atoms with Crippen molar-refractivity contribution in [3.05, 3.63) is 23.7 Å². The molecule has 1 aromatic heterocycles. The van der Waals surface area contributed by atoms with Gasteiger partial charge in [0.2, 0.25) is 5.91 Å². The molecule has 0 aliphatic rings. The van der Waals surface area contributed by atoms with Crippen LogP contribution in [0.2, 0.25) is 0 Å². The molecule has 0 spiro atoms. The molecular formula is C9H10N2O2. The fourth-order valence-corrected chi connectivity index (χ4v) is 0.900. The third-order valence-electron chi connectivity index (χ3n) is 1.50. The fourth-order valence-electron chi connectivity index (χ4n) is 0.900. The lowest BCUT2D eigenvalue weighted by molar-refractivity contribution is -0.120. The molecular weight excluding hydrogens is 168 g/mol. The molecule has 0 saturated heterocycles. The molecule has 0 fully saturated rings. The smallest absolute Gasteiger partial charge is 0.234 e. The van der Waals surface area contributed by atoms with Crippen molar-refractivity contribution in [2.75, 3.05) is 0 Å². The summed E-state index contributed by atoms with van der Waals surface area (Å²) in [4.78, 5) is 10.8. The van der Waals surface area contributed by atoms with E-state index in [9.17, 15) is 4.79 Å². The Hall–Kier alpha value is -1.76. The lowest BCUT2D eigenvalue weighted by Gasteiger charge is -1.98. The van der Waals surface area contributed by atoms with E-state index < -0.39 is 0 Å². The minimum atomic E-state index is -0.281. The van der Waals surface area contributed by atoms with Crippen LogP contribution in [-0.4, -0.2) is 5.91 Å². The molecule has 13 heavy (non-hydrogen) atoms. The highest BCUT2D eigenvalue weighted by Crippen LogP contribution is 2.05. The predicted molar refractivity (Wildman–Crippen MR) is 45.5 cm³/mol. The summed E-state index contributed by atoms with van der Waals surface area (Å²) in [5.74, 6) is 1.23. The van der Waals surface area contributed by atoms with E-state index in [0.29, 0.717) is 12.3 Å². The van der Waals surface area contributed by atoms with Crippen molar-refractivity contribution in [3.8, 4) is 6.07 Å². The Balaban J connectivity index is 2.36. The molecule has 4 heteroatoms. The highest BCUT2D eigenvalue weighted by Gasteiger charge is 2.01. The number of hydrogen-bond donors (Lipinski definition) is 1. The zero-order chi connectivity index (χ0) is 9.68. The second-order valence-corrected chi connectivity index (χ2v) is 2.62. The molecule has 0 aliphatic carbocycles. The first kappa shape index (κ1) is 9.33. The SMILES string of the molecule is Cc1ccc(CNC(=O)CC#N)o1. The van der Waals surface area contributed by atoms with Crippen molar-refractivity contribution < 1.29 is 9.21 Å². The van der Waals surface area contributed by atoms with Crippen LogP contribution in [0.4, 0.5) is 0 Å². The van der Waals surface area contributed by atoms with Crippen molar-refractivity contribution in [2.24, 2.45) is 0 Å². The van der Waals surface area contributed by atoms with Gasteiger partial charge in [0.15, 0.2) is 0 Å². The molecule has 0 aromatic carbocycles. The van der Waals surface area contributed by atoms with E-state index in [0.717, 1.165) is 5.76 Å². The van der Waals surface area contributed by atoms with E-state index in [2.05, 4.69) is 5.32 Å². The van der Waals surface area contributed by atoms with Gasteiger partial charge in [0.05, 0.1) is 12.6 Å². The van der Waals surface area contributed by atoms with E-state index in [1.54, 1.807) is 12.1 Å². The van der Waals surface area contributed by atoms with Crippen LogP contribution in [0.15, 0.2) is 16.5 Å². The maximum absolute atomic E-state index is 10.8. The number of hydrogen-bond acceptors (Lipinski definition) is 3. The minimum Gasteiger partial charge on any atom is -0.465 e. The maximum atomic E-state index is 10.8. The highest BCUT2D eigenvalue weighted by atomic mass is 16.3. The fraction of sp³-hybridized carbons (Fsp3) is 0.333. The first-order chi connectivity index (χ1) is 6.22. The number of rotatable bonds is 3. The van der Waals surface area contributed by atoms with Gasteiger partial charge in [0.1, 0.15) is 17.9 Å². The summed E-state index contributed by atoms with van der Waals surface area (Å²) in [5, 5.41) is 10.8. The minimum absolute atomic E-state index is 0.111. The first-order valence-corrected chi connectivity index (χ1v) is 3.91. The summed E-state index contributed by atoms with van der Waals surface area (Å²) in [6.07, 6.45) is -0.111. The van der Waals surface area contributed by atoms with E-state index in [1.165, 1.54) is 0 Å². The van der Waals surface area contributed by atoms with Gasteiger partial charge in [-0.1, -0.05) is 0 Å². The number of furan rings is 1. The van der Waals surface area contributed by atoms with Crippen molar-refractivity contribution in [1.82, 2.24) is 5.32 Å². The Morgan fingerprint density at radius 1 is 1.69 bits per heavy atom. The van der Waals surface area contributed by atoms with Gasteiger partial charge in [-0.05, 0) is 19.1 Å². The Morgan fingerprint density at radius 3 is 3.00 bits per heavy atom. The van der Waals surface area contributed by atoms with Crippen LogP contribution in [0, 0.1) is 18.3 Å². The van der Waals surface area contributed by atoms with E-state index in [-0.39, 0.29) is 12.3 Å². The van der Waals surface area contributed by atoms with Crippen molar-refractivity contribution in [2.45, 2.75) is 19.9 Å². The van der Waals surface area contributed by atoms with Gasteiger partial charge in [0, 0.05) is 0 Å². The Morgan fingerprint density at radius 2 is 2.46 bits per heavy atom. The third kappa shape index (κ3) is 2.99. The molecule has 1 heterocycles. The number of carbonyl (C=O) groups excluding carboxylic acids is 1. The standard InChI is InChI=1S/C9H10N2O2/c1-7-2-3-8(13-7)6-11-9(12)4-5-10/h2-3H,4,6H2,1H3,(H,11,12). The van der Waals surface area contributed by atoms with Gasteiger partial charge in [0.25, 0.3) is 0 Å². The quantitative estimate of drug-likeness (QED) is 0.754. The van der Waals surface area contributed by atoms with Crippen LogP contribution in [0.3, 0.4) is 0 Å². The second kappa shape index (κ2) is 4.31. The summed E-state index contributed by atoms with van der Waals surface area (Å²) in [6, 6.07) is 5.39. The van der Waals surface area contributed by atoms with E-state index in [4.69, 9.17) is 9.68 Å². The molecule has 1 N–H and O–H groups in total. The topological polar surface area (TPSA) is 66.0 Å². The number of amides is 1. The molecule has 1 amide bonds. The van der Waals surface area contributed by atoms with Gasteiger partial charge in [-0.2, -0.15) is 5.26 Å². The average molecular weight is 178 g/mol. The summed E-state index contributed by atoms with van der Waals surface area (Å²) in [6.45, 7) is 2.18. The average Bonchev–Trinajstić information content (AvgIpc) is 2.49. The van der Waals surface area contributed by atoms with Gasteiger partial charge in [-0.3, -0.25) is 4.79 Å². The Labute approximate surface area is 76.2 Å². The van der Waals surface area contributed by atoms with Crippen molar-refractivity contribution in [3.63, 3.8) is 0 Å². The maximum Gasteiger partial charge on any atom is 0.234 e. The van der Waals surface area contributed by atoms with Crippen LogP contribution in [0.5, 0.6) is 0 Å². The summed E-state index contributed by atoms with van der Waals surface area (Å²) >= 11 is 0.